The molecular weight excluding hydrogens is 458 g/mol. The highest BCUT2D eigenvalue weighted by Gasteiger charge is 2.38. The molecule has 0 bridgehead atoms. The van der Waals surface area contributed by atoms with Gasteiger partial charge in [0.25, 0.3) is 0 Å². The SMILES string of the molecule is CC[C@@H]1c2nnc(C)n2-c2cnc(C3C=NNC3c3nccs3)nc2N1c1ccc(Cl)cc1. The molecule has 2 aliphatic rings. The van der Waals surface area contributed by atoms with Crippen molar-refractivity contribution in [3.63, 3.8) is 0 Å². The molecule has 3 atom stereocenters. The van der Waals surface area contributed by atoms with Gasteiger partial charge in [-0.3, -0.25) is 9.99 Å². The lowest BCUT2D eigenvalue weighted by atomic mass is 10.0. The van der Waals surface area contributed by atoms with Gasteiger partial charge in [-0.05, 0) is 37.6 Å². The minimum absolute atomic E-state index is 0.0345. The number of aryl methyl sites for hydroxylation is 1. The molecule has 0 fully saturated rings. The summed E-state index contributed by atoms with van der Waals surface area (Å²) in [6, 6.07) is 7.67. The van der Waals surface area contributed by atoms with Crippen molar-refractivity contribution in [3.8, 4) is 5.69 Å². The predicted octanol–water partition coefficient (Wildman–Crippen LogP) is 4.49. The van der Waals surface area contributed by atoms with E-state index in [1.165, 1.54) is 0 Å². The van der Waals surface area contributed by atoms with Crippen LogP contribution in [0.1, 0.15) is 53.8 Å². The van der Waals surface area contributed by atoms with Gasteiger partial charge in [-0.25, -0.2) is 15.0 Å². The molecule has 9 nitrogen and oxygen atoms in total. The van der Waals surface area contributed by atoms with Crippen LogP contribution in [0.3, 0.4) is 0 Å². The van der Waals surface area contributed by atoms with Crippen molar-refractivity contribution in [2.75, 3.05) is 4.90 Å². The van der Waals surface area contributed by atoms with Gasteiger partial charge in [-0.1, -0.05) is 18.5 Å². The van der Waals surface area contributed by atoms with Gasteiger partial charge in [0.1, 0.15) is 28.4 Å². The number of nitrogens with zero attached hydrogens (tertiary/aromatic N) is 8. The first kappa shape index (κ1) is 20.3. The zero-order valence-corrected chi connectivity index (χ0v) is 19.5. The normalized spacial score (nSPS) is 21.1. The Morgan fingerprint density at radius 2 is 2.00 bits per heavy atom. The molecule has 2 aliphatic heterocycles. The minimum atomic E-state index is -0.128. The molecule has 0 radical (unpaired) electrons. The number of rotatable bonds is 4. The maximum absolute atomic E-state index is 6.18. The maximum atomic E-state index is 6.18. The smallest absolute Gasteiger partial charge is 0.161 e. The van der Waals surface area contributed by atoms with Gasteiger partial charge in [0, 0.05) is 28.5 Å². The number of hydrazone groups is 1. The number of anilines is 2. The molecule has 0 spiro atoms. The molecule has 0 saturated carbocycles. The van der Waals surface area contributed by atoms with Crippen LogP contribution in [0.5, 0.6) is 0 Å². The van der Waals surface area contributed by atoms with Gasteiger partial charge in [0.2, 0.25) is 0 Å². The molecule has 0 aliphatic carbocycles. The molecular formula is C22H20ClN9S. The number of nitrogens with one attached hydrogen (secondary N) is 1. The third-order valence-corrected chi connectivity index (χ3v) is 7.12. The molecule has 2 unspecified atom stereocenters. The third-order valence-electron chi connectivity index (χ3n) is 6.01. The first-order chi connectivity index (χ1) is 16.2. The van der Waals surface area contributed by atoms with Crippen molar-refractivity contribution in [1.82, 2.24) is 35.1 Å². The lowest BCUT2D eigenvalue weighted by Crippen LogP contribution is -2.33. The van der Waals surface area contributed by atoms with E-state index >= 15 is 0 Å². The molecule has 0 amide bonds. The first-order valence-corrected chi connectivity index (χ1v) is 11.9. The van der Waals surface area contributed by atoms with Crippen molar-refractivity contribution in [3.05, 3.63) is 69.5 Å². The van der Waals surface area contributed by atoms with Crippen molar-refractivity contribution in [2.24, 2.45) is 5.10 Å². The monoisotopic (exact) mass is 477 g/mol. The molecule has 1 aromatic carbocycles. The lowest BCUT2D eigenvalue weighted by Gasteiger charge is -2.37. The molecule has 5 heterocycles. The van der Waals surface area contributed by atoms with Crippen LogP contribution in [0.25, 0.3) is 5.69 Å². The fourth-order valence-electron chi connectivity index (χ4n) is 4.48. The molecule has 6 rings (SSSR count). The van der Waals surface area contributed by atoms with Crippen LogP contribution < -0.4 is 10.3 Å². The molecule has 3 aromatic heterocycles. The number of benzene rings is 1. The van der Waals surface area contributed by atoms with Gasteiger partial charge in [-0.15, -0.1) is 21.5 Å². The summed E-state index contributed by atoms with van der Waals surface area (Å²) in [5.41, 5.74) is 5.00. The topological polar surface area (TPSA) is 97.0 Å². The summed E-state index contributed by atoms with van der Waals surface area (Å²) < 4.78 is 2.05. The highest BCUT2D eigenvalue weighted by molar-refractivity contribution is 7.09. The first-order valence-electron chi connectivity index (χ1n) is 10.7. The van der Waals surface area contributed by atoms with Crippen LogP contribution in [-0.2, 0) is 0 Å². The maximum Gasteiger partial charge on any atom is 0.161 e. The van der Waals surface area contributed by atoms with E-state index in [9.17, 15) is 0 Å². The predicted molar refractivity (Wildman–Crippen MR) is 128 cm³/mol. The molecule has 1 N–H and O–H groups in total. The summed E-state index contributed by atoms with van der Waals surface area (Å²) >= 11 is 7.78. The Morgan fingerprint density at radius 3 is 2.76 bits per heavy atom. The second-order valence-corrected chi connectivity index (χ2v) is 9.29. The zero-order valence-electron chi connectivity index (χ0n) is 17.9. The number of fused-ring (bicyclic) bond motifs is 3. The van der Waals surface area contributed by atoms with Gasteiger partial charge in [-0.2, -0.15) is 5.10 Å². The van der Waals surface area contributed by atoms with E-state index in [2.05, 4.69) is 42.1 Å². The quantitative estimate of drug-likeness (QED) is 0.462. The number of halogens is 1. The average Bonchev–Trinajstić information content (AvgIpc) is 3.59. The molecule has 11 heteroatoms. The number of hydrogen-bond acceptors (Lipinski definition) is 9. The van der Waals surface area contributed by atoms with Crippen molar-refractivity contribution >= 4 is 40.7 Å². The standard InChI is InChI=1S/C22H20ClN9S/c1-3-16-21-30-28-12(2)31(21)17-11-25-19(15-10-26-29-18(15)22-24-8-9-33-22)27-20(17)32(16)14-6-4-13(23)5-7-14/h4-11,15-16,18,29H,3H2,1-2H3/t15?,16-,18?/m1/s1. The Labute approximate surface area is 199 Å². The third kappa shape index (κ3) is 3.20. The van der Waals surface area contributed by atoms with Gasteiger partial charge in [0.15, 0.2) is 11.6 Å². The van der Waals surface area contributed by atoms with E-state index in [1.807, 2.05) is 49.0 Å². The van der Waals surface area contributed by atoms with Crippen molar-refractivity contribution < 1.29 is 0 Å². The number of thiazole rings is 1. The van der Waals surface area contributed by atoms with E-state index in [4.69, 9.17) is 21.6 Å². The molecule has 4 aromatic rings. The van der Waals surface area contributed by atoms with Gasteiger partial charge < -0.3 is 4.90 Å². The van der Waals surface area contributed by atoms with Gasteiger partial charge >= 0.3 is 0 Å². The van der Waals surface area contributed by atoms with Crippen LogP contribution in [0.2, 0.25) is 5.02 Å². The average molecular weight is 478 g/mol. The van der Waals surface area contributed by atoms with E-state index < -0.39 is 0 Å². The second kappa shape index (κ2) is 7.89. The summed E-state index contributed by atoms with van der Waals surface area (Å²) in [4.78, 5) is 16.5. The Bertz CT molecular complexity index is 1330. The number of aromatic nitrogens is 6. The number of hydrogen-bond donors (Lipinski definition) is 1. The summed E-state index contributed by atoms with van der Waals surface area (Å²) in [7, 11) is 0. The van der Waals surface area contributed by atoms with E-state index in [0.717, 1.165) is 40.3 Å². The van der Waals surface area contributed by atoms with Crippen LogP contribution in [-0.4, -0.2) is 35.9 Å². The molecule has 0 saturated heterocycles. The van der Waals surface area contributed by atoms with Crippen molar-refractivity contribution in [1.29, 1.82) is 0 Å². The highest BCUT2D eigenvalue weighted by Crippen LogP contribution is 2.44. The largest absolute Gasteiger partial charge is 0.314 e. The fraction of sp³-hybridized carbons (Fsp3) is 0.273. The Morgan fingerprint density at radius 1 is 1.15 bits per heavy atom. The van der Waals surface area contributed by atoms with Crippen LogP contribution in [0, 0.1) is 6.92 Å². The van der Waals surface area contributed by atoms with Crippen LogP contribution in [0.4, 0.5) is 11.5 Å². The van der Waals surface area contributed by atoms with Crippen LogP contribution in [0.15, 0.2) is 47.1 Å². The summed E-state index contributed by atoms with van der Waals surface area (Å²) in [5.74, 6) is 3.05. The Balaban J connectivity index is 1.52. The summed E-state index contributed by atoms with van der Waals surface area (Å²) in [5, 5.41) is 16.8. The van der Waals surface area contributed by atoms with E-state index in [-0.39, 0.29) is 18.0 Å². The van der Waals surface area contributed by atoms with Crippen molar-refractivity contribution in [2.45, 2.75) is 38.3 Å². The highest BCUT2D eigenvalue weighted by atomic mass is 35.5. The molecule has 33 heavy (non-hydrogen) atoms. The zero-order chi connectivity index (χ0) is 22.5. The van der Waals surface area contributed by atoms with E-state index in [0.29, 0.717) is 10.8 Å². The fourth-order valence-corrected chi connectivity index (χ4v) is 5.34. The molecule has 166 valence electrons. The minimum Gasteiger partial charge on any atom is -0.314 e. The van der Waals surface area contributed by atoms with E-state index in [1.54, 1.807) is 17.5 Å². The Hall–Kier alpha value is -3.37. The van der Waals surface area contributed by atoms with Crippen LogP contribution >= 0.6 is 22.9 Å². The summed E-state index contributed by atoms with van der Waals surface area (Å²) in [6.45, 7) is 4.09. The van der Waals surface area contributed by atoms with Gasteiger partial charge in [0.05, 0.1) is 18.2 Å². The summed E-state index contributed by atoms with van der Waals surface area (Å²) in [6.07, 6.45) is 6.34. The Kier molecular flexibility index (Phi) is 4.84. The second-order valence-electron chi connectivity index (χ2n) is 7.93. The lowest BCUT2D eigenvalue weighted by molar-refractivity contribution is 0.548.